The van der Waals surface area contributed by atoms with Crippen molar-refractivity contribution in [1.82, 2.24) is 19.7 Å². The first-order valence-electron chi connectivity index (χ1n) is 10.4. The number of aliphatic hydroxyl groups excluding tert-OH is 1. The van der Waals surface area contributed by atoms with E-state index < -0.39 is 17.8 Å². The molecule has 0 aliphatic heterocycles. The number of hydrogen-bond donors (Lipinski definition) is 2. The van der Waals surface area contributed by atoms with Gasteiger partial charge < -0.3 is 15.6 Å². The normalized spacial score (nSPS) is 12.3. The summed E-state index contributed by atoms with van der Waals surface area (Å²) in [4.78, 5) is 8.37. The molecule has 35 heavy (non-hydrogen) atoms. The highest BCUT2D eigenvalue weighted by Crippen LogP contribution is 2.37. The molecule has 0 unspecified atom stereocenters. The maximum absolute atomic E-state index is 13.5. The molecular formula is C24H19F3N6O2. The smallest absolute Gasteiger partial charge is 0.417 e. The van der Waals surface area contributed by atoms with Crippen LogP contribution < -0.4 is 10.5 Å². The van der Waals surface area contributed by atoms with Crippen LogP contribution in [-0.2, 0) is 6.18 Å². The van der Waals surface area contributed by atoms with Crippen LogP contribution in [0.4, 0.5) is 13.2 Å². The molecule has 2 aromatic carbocycles. The van der Waals surface area contributed by atoms with Crippen molar-refractivity contribution in [2.24, 2.45) is 5.73 Å². The van der Waals surface area contributed by atoms with Crippen molar-refractivity contribution in [1.29, 1.82) is 5.26 Å². The van der Waals surface area contributed by atoms with Crippen LogP contribution >= 0.6 is 0 Å². The third kappa shape index (κ3) is 5.13. The Morgan fingerprint density at radius 3 is 2.66 bits per heavy atom. The predicted molar refractivity (Wildman–Crippen MR) is 120 cm³/mol. The Morgan fingerprint density at radius 1 is 1.17 bits per heavy atom. The second-order valence-electron chi connectivity index (χ2n) is 7.55. The molecule has 0 aliphatic rings. The Balaban J connectivity index is 1.77. The lowest BCUT2D eigenvalue weighted by Crippen LogP contribution is -2.10. The van der Waals surface area contributed by atoms with Crippen LogP contribution in [0.2, 0.25) is 0 Å². The van der Waals surface area contributed by atoms with Gasteiger partial charge in [0.05, 0.1) is 35.2 Å². The van der Waals surface area contributed by atoms with E-state index >= 15 is 0 Å². The number of aliphatic hydroxyl groups is 1. The van der Waals surface area contributed by atoms with Gasteiger partial charge in [0.25, 0.3) is 0 Å². The van der Waals surface area contributed by atoms with E-state index in [2.05, 4.69) is 15.1 Å². The van der Waals surface area contributed by atoms with Crippen LogP contribution in [0.3, 0.4) is 0 Å². The van der Waals surface area contributed by atoms with Crippen molar-refractivity contribution in [2.75, 3.05) is 6.54 Å². The average molecular weight is 480 g/mol. The molecule has 4 aromatic rings. The van der Waals surface area contributed by atoms with Crippen molar-refractivity contribution in [2.45, 2.75) is 19.2 Å². The van der Waals surface area contributed by atoms with Gasteiger partial charge in [-0.15, -0.1) is 0 Å². The third-order valence-electron chi connectivity index (χ3n) is 5.08. The van der Waals surface area contributed by atoms with Crippen LogP contribution in [-0.4, -0.2) is 31.4 Å². The molecule has 11 heteroatoms. The van der Waals surface area contributed by atoms with E-state index in [1.807, 2.05) is 6.07 Å². The van der Waals surface area contributed by atoms with Gasteiger partial charge in [0.2, 0.25) is 5.88 Å². The Morgan fingerprint density at radius 2 is 1.94 bits per heavy atom. The van der Waals surface area contributed by atoms with E-state index in [0.717, 1.165) is 6.07 Å². The number of nitrogens with two attached hydrogens (primary N) is 1. The molecule has 0 aliphatic carbocycles. The molecule has 0 spiro atoms. The molecule has 8 nitrogen and oxygen atoms in total. The lowest BCUT2D eigenvalue weighted by atomic mass is 10.0. The van der Waals surface area contributed by atoms with Gasteiger partial charge in [-0.25, -0.2) is 9.67 Å². The summed E-state index contributed by atoms with van der Waals surface area (Å²) >= 11 is 0. The number of nitriles is 1. The van der Waals surface area contributed by atoms with Crippen molar-refractivity contribution in [3.05, 3.63) is 83.4 Å². The molecule has 0 radical (unpaired) electrons. The van der Waals surface area contributed by atoms with Crippen LogP contribution in [0, 0.1) is 18.3 Å². The third-order valence-corrected chi connectivity index (χ3v) is 5.08. The first-order valence-corrected chi connectivity index (χ1v) is 10.4. The Kier molecular flexibility index (Phi) is 6.50. The quantitative estimate of drug-likeness (QED) is 0.421. The Bertz CT molecular complexity index is 1410. The Labute approximate surface area is 198 Å². The molecule has 2 heterocycles. The van der Waals surface area contributed by atoms with E-state index in [9.17, 15) is 23.5 Å². The topological polar surface area (TPSA) is 123 Å². The van der Waals surface area contributed by atoms with E-state index in [1.54, 1.807) is 18.3 Å². The highest BCUT2D eigenvalue weighted by molar-refractivity contribution is 5.65. The van der Waals surface area contributed by atoms with E-state index in [-0.39, 0.29) is 40.8 Å². The second kappa shape index (κ2) is 9.54. The number of nitrogens with zero attached hydrogens (tertiary/aromatic N) is 5. The van der Waals surface area contributed by atoms with Gasteiger partial charge in [-0.1, -0.05) is 18.2 Å². The number of halogens is 3. The number of ether oxygens (including phenoxy) is 1. The molecule has 1 atom stereocenters. The molecule has 2 aromatic heterocycles. The number of hydrogen-bond acceptors (Lipinski definition) is 7. The predicted octanol–water partition coefficient (Wildman–Crippen LogP) is 4.31. The van der Waals surface area contributed by atoms with Gasteiger partial charge in [-0.2, -0.15) is 28.5 Å². The summed E-state index contributed by atoms with van der Waals surface area (Å²) in [6.07, 6.45) is -2.48. The fraction of sp³-hybridized carbons (Fsp3) is 0.167. The average Bonchev–Trinajstić information content (AvgIpc) is 3.32. The molecular weight excluding hydrogens is 461 g/mol. The van der Waals surface area contributed by atoms with Crippen molar-refractivity contribution < 1.29 is 23.0 Å². The first-order chi connectivity index (χ1) is 16.7. The summed E-state index contributed by atoms with van der Waals surface area (Å²) in [6, 6.07) is 13.0. The molecule has 3 N–H and O–H groups in total. The van der Waals surface area contributed by atoms with E-state index in [1.165, 1.54) is 48.1 Å². The lowest BCUT2D eigenvalue weighted by Gasteiger charge is -2.15. The molecule has 0 bridgehead atoms. The summed E-state index contributed by atoms with van der Waals surface area (Å²) in [5.41, 5.74) is 5.76. The number of alkyl halides is 3. The maximum atomic E-state index is 13.5. The monoisotopic (exact) mass is 480 g/mol. The molecule has 178 valence electrons. The summed E-state index contributed by atoms with van der Waals surface area (Å²) in [6.45, 7) is 1.54. The minimum Gasteiger partial charge on any atom is -0.437 e. The molecule has 4 rings (SSSR count). The summed E-state index contributed by atoms with van der Waals surface area (Å²) < 4.78 is 48.0. The minimum absolute atomic E-state index is 0.00477. The molecule has 0 fully saturated rings. The molecule has 0 saturated carbocycles. The minimum atomic E-state index is -4.57. The lowest BCUT2D eigenvalue weighted by molar-refractivity contribution is -0.137. The SMILES string of the molecule is Cc1nc(Oc2cc(C#N)ccc2-n2cc([C@@H](O)CN)cn2)cc(-c2ccccc2C(F)(F)F)n1. The highest BCUT2D eigenvalue weighted by Gasteiger charge is 2.33. The van der Waals surface area contributed by atoms with Crippen LogP contribution in [0.25, 0.3) is 16.9 Å². The van der Waals surface area contributed by atoms with Crippen LogP contribution in [0.5, 0.6) is 11.6 Å². The number of benzene rings is 2. The summed E-state index contributed by atoms with van der Waals surface area (Å²) in [7, 11) is 0. The number of rotatable bonds is 6. The van der Waals surface area contributed by atoms with E-state index in [0.29, 0.717) is 11.3 Å². The first kappa shape index (κ1) is 23.9. The zero-order valence-electron chi connectivity index (χ0n) is 18.4. The standard InChI is InChI=1S/C24H19F3N6O2/c1-14-31-19(17-4-2-3-5-18(17)24(25,26)27)9-23(32-14)35-22-8-15(10-28)6-7-20(22)33-13-16(12-30-33)21(34)11-29/h2-9,12-13,21,34H,11,29H2,1H3/t21-/m0/s1. The number of aryl methyl sites for hydroxylation is 1. The highest BCUT2D eigenvalue weighted by atomic mass is 19.4. The van der Waals surface area contributed by atoms with E-state index in [4.69, 9.17) is 10.5 Å². The fourth-order valence-corrected chi connectivity index (χ4v) is 3.43. The Hall–Kier alpha value is -4.27. The zero-order valence-corrected chi connectivity index (χ0v) is 18.4. The fourth-order valence-electron chi connectivity index (χ4n) is 3.43. The number of aromatic nitrogens is 4. The molecule has 0 saturated heterocycles. The van der Waals surface area contributed by atoms with Crippen LogP contribution in [0.15, 0.2) is 60.9 Å². The van der Waals surface area contributed by atoms with Crippen molar-refractivity contribution >= 4 is 0 Å². The van der Waals surface area contributed by atoms with Gasteiger partial charge in [-0.3, -0.25) is 0 Å². The van der Waals surface area contributed by atoms with Crippen molar-refractivity contribution in [3.8, 4) is 34.6 Å². The largest absolute Gasteiger partial charge is 0.437 e. The summed E-state index contributed by atoms with van der Waals surface area (Å²) in [5.74, 6) is 0.351. The second-order valence-corrected chi connectivity index (χ2v) is 7.55. The van der Waals surface area contributed by atoms with Gasteiger partial charge in [-0.05, 0) is 25.1 Å². The summed E-state index contributed by atoms with van der Waals surface area (Å²) in [5, 5.41) is 23.5. The van der Waals surface area contributed by atoms with Crippen LogP contribution in [0.1, 0.15) is 28.6 Å². The van der Waals surface area contributed by atoms with Gasteiger partial charge in [0.1, 0.15) is 11.5 Å². The van der Waals surface area contributed by atoms with Gasteiger partial charge in [0, 0.05) is 36.0 Å². The van der Waals surface area contributed by atoms with Gasteiger partial charge >= 0.3 is 6.18 Å². The molecule has 0 amide bonds. The van der Waals surface area contributed by atoms with Crippen molar-refractivity contribution in [3.63, 3.8) is 0 Å². The van der Waals surface area contributed by atoms with Gasteiger partial charge in [0.15, 0.2) is 5.75 Å². The maximum Gasteiger partial charge on any atom is 0.417 e. The zero-order chi connectivity index (χ0) is 25.2.